The Labute approximate surface area is 147 Å². The molecule has 0 aliphatic heterocycles. The molecule has 5 heteroatoms. The molecule has 1 N–H and O–H groups in total. The Kier molecular flexibility index (Phi) is 6.46. The zero-order valence-corrected chi connectivity index (χ0v) is 14.3. The van der Waals surface area contributed by atoms with Crippen molar-refractivity contribution in [2.45, 2.75) is 13.3 Å². The number of amides is 2. The monoisotopic (exact) mass is 340 g/mol. The van der Waals surface area contributed by atoms with Gasteiger partial charge in [-0.1, -0.05) is 31.2 Å². The molecule has 25 heavy (non-hydrogen) atoms. The molecule has 2 amide bonds. The second kappa shape index (κ2) is 8.78. The number of hydrogen-bond acceptors (Lipinski definition) is 2. The topological polar surface area (TPSA) is 49.4 Å². The lowest BCUT2D eigenvalue weighted by Gasteiger charge is -2.14. The third-order valence-electron chi connectivity index (χ3n) is 3.69. The summed E-state index contributed by atoms with van der Waals surface area (Å²) in [4.78, 5) is 25.3. The average molecular weight is 340 g/mol. The third kappa shape index (κ3) is 5.88. The second-order valence-electron chi connectivity index (χ2n) is 5.68. The Morgan fingerprint density at radius 3 is 2.32 bits per heavy atom. The fraction of sp³-hybridized carbons (Fsp3) is 0.200. The highest BCUT2D eigenvalue weighted by molar-refractivity contribution is 5.97. The summed E-state index contributed by atoms with van der Waals surface area (Å²) < 4.78 is 12.8. The molecule has 2 aromatic carbocycles. The fourth-order valence-electron chi connectivity index (χ4n) is 2.19. The molecule has 0 saturated carbocycles. The fourth-order valence-corrected chi connectivity index (χ4v) is 2.19. The molecule has 2 aromatic rings. The van der Waals surface area contributed by atoms with E-state index in [2.05, 4.69) is 12.2 Å². The number of rotatable bonds is 6. The molecule has 130 valence electrons. The van der Waals surface area contributed by atoms with E-state index in [-0.39, 0.29) is 24.2 Å². The SMILES string of the molecule is CCc1ccc(/C=C/C(=O)N(C)CC(=O)Nc2ccc(F)cc2)cc1. The van der Waals surface area contributed by atoms with Crippen molar-refractivity contribution in [3.8, 4) is 0 Å². The predicted octanol–water partition coefficient (Wildman–Crippen LogP) is 3.50. The van der Waals surface area contributed by atoms with Gasteiger partial charge in [0.05, 0.1) is 6.54 Å². The highest BCUT2D eigenvalue weighted by Crippen LogP contribution is 2.09. The largest absolute Gasteiger partial charge is 0.333 e. The molecule has 0 spiro atoms. The van der Waals surface area contributed by atoms with Gasteiger partial charge in [0.2, 0.25) is 11.8 Å². The molecule has 0 unspecified atom stereocenters. The Hall–Kier alpha value is -2.95. The van der Waals surface area contributed by atoms with Crippen molar-refractivity contribution in [3.05, 3.63) is 71.6 Å². The first kappa shape index (κ1) is 18.4. The van der Waals surface area contributed by atoms with E-state index >= 15 is 0 Å². The van der Waals surface area contributed by atoms with Gasteiger partial charge in [-0.2, -0.15) is 0 Å². The highest BCUT2D eigenvalue weighted by atomic mass is 19.1. The number of halogens is 1. The summed E-state index contributed by atoms with van der Waals surface area (Å²) in [5.41, 5.74) is 2.64. The van der Waals surface area contributed by atoms with Gasteiger partial charge in [0, 0.05) is 18.8 Å². The number of anilines is 1. The van der Waals surface area contributed by atoms with Gasteiger partial charge in [-0.3, -0.25) is 9.59 Å². The van der Waals surface area contributed by atoms with Crippen molar-refractivity contribution < 1.29 is 14.0 Å². The van der Waals surface area contributed by atoms with Crippen molar-refractivity contribution in [1.29, 1.82) is 0 Å². The molecule has 0 atom stereocenters. The van der Waals surface area contributed by atoms with Gasteiger partial charge in [-0.25, -0.2) is 4.39 Å². The average Bonchev–Trinajstić information content (AvgIpc) is 2.62. The molecule has 0 heterocycles. The van der Waals surface area contributed by atoms with Crippen LogP contribution in [0.25, 0.3) is 6.08 Å². The van der Waals surface area contributed by atoms with Crippen LogP contribution in [0.15, 0.2) is 54.6 Å². The van der Waals surface area contributed by atoms with Gasteiger partial charge in [-0.15, -0.1) is 0 Å². The van der Waals surface area contributed by atoms with Gasteiger partial charge in [-0.05, 0) is 47.9 Å². The number of nitrogens with one attached hydrogen (secondary N) is 1. The number of carbonyl (C=O) groups is 2. The molecular formula is C20H21FN2O2. The highest BCUT2D eigenvalue weighted by Gasteiger charge is 2.10. The van der Waals surface area contributed by atoms with Gasteiger partial charge >= 0.3 is 0 Å². The third-order valence-corrected chi connectivity index (χ3v) is 3.69. The number of aryl methyl sites for hydroxylation is 1. The van der Waals surface area contributed by atoms with Crippen LogP contribution in [0.4, 0.5) is 10.1 Å². The number of hydrogen-bond donors (Lipinski definition) is 1. The van der Waals surface area contributed by atoms with Crippen LogP contribution in [0.3, 0.4) is 0 Å². The summed E-state index contributed by atoms with van der Waals surface area (Å²) in [6.07, 6.45) is 4.12. The predicted molar refractivity (Wildman–Crippen MR) is 97.5 cm³/mol. The molecule has 0 aromatic heterocycles. The van der Waals surface area contributed by atoms with E-state index in [1.54, 1.807) is 13.1 Å². The van der Waals surface area contributed by atoms with Crippen LogP contribution in [0, 0.1) is 5.82 Å². The first-order valence-corrected chi connectivity index (χ1v) is 8.05. The maximum Gasteiger partial charge on any atom is 0.246 e. The number of likely N-dealkylation sites (N-methyl/N-ethyl adjacent to an activating group) is 1. The quantitative estimate of drug-likeness (QED) is 0.818. The van der Waals surface area contributed by atoms with E-state index in [9.17, 15) is 14.0 Å². The molecule has 0 aliphatic rings. The standard InChI is InChI=1S/C20H21FN2O2/c1-3-15-4-6-16(7-5-15)8-13-20(25)23(2)14-19(24)22-18-11-9-17(21)10-12-18/h4-13H,3,14H2,1-2H3,(H,22,24)/b13-8+. The Morgan fingerprint density at radius 2 is 1.72 bits per heavy atom. The first-order chi connectivity index (χ1) is 12.0. The molecule has 0 fully saturated rings. The molecule has 0 radical (unpaired) electrons. The lowest BCUT2D eigenvalue weighted by molar-refractivity contribution is -0.129. The van der Waals surface area contributed by atoms with Crippen molar-refractivity contribution in [1.82, 2.24) is 4.90 Å². The first-order valence-electron chi connectivity index (χ1n) is 8.05. The molecule has 2 rings (SSSR count). The minimum atomic E-state index is -0.373. The lowest BCUT2D eigenvalue weighted by Crippen LogP contribution is -2.33. The lowest BCUT2D eigenvalue weighted by atomic mass is 10.1. The number of nitrogens with zero attached hydrogens (tertiary/aromatic N) is 1. The second-order valence-corrected chi connectivity index (χ2v) is 5.68. The normalized spacial score (nSPS) is 10.7. The Bertz CT molecular complexity index is 752. The Balaban J connectivity index is 1.87. The molecule has 4 nitrogen and oxygen atoms in total. The van der Waals surface area contributed by atoms with E-state index in [0.29, 0.717) is 5.69 Å². The summed E-state index contributed by atoms with van der Waals surface area (Å²) in [6, 6.07) is 13.4. The Morgan fingerprint density at radius 1 is 1.08 bits per heavy atom. The van der Waals surface area contributed by atoms with Crippen LogP contribution >= 0.6 is 0 Å². The van der Waals surface area contributed by atoms with E-state index in [0.717, 1.165) is 12.0 Å². The van der Waals surface area contributed by atoms with Crippen molar-refractivity contribution in [2.75, 3.05) is 18.9 Å². The van der Waals surface area contributed by atoms with Crippen LogP contribution in [-0.2, 0) is 16.0 Å². The molecule has 0 saturated heterocycles. The summed E-state index contributed by atoms with van der Waals surface area (Å²) in [5.74, 6) is -0.987. The van der Waals surface area contributed by atoms with E-state index < -0.39 is 0 Å². The maximum absolute atomic E-state index is 12.8. The number of carbonyl (C=O) groups excluding carboxylic acids is 2. The van der Waals surface area contributed by atoms with Crippen LogP contribution in [0.2, 0.25) is 0 Å². The smallest absolute Gasteiger partial charge is 0.246 e. The van der Waals surface area contributed by atoms with Crippen LogP contribution < -0.4 is 5.32 Å². The van der Waals surface area contributed by atoms with Gasteiger partial charge in [0.15, 0.2) is 0 Å². The van der Waals surface area contributed by atoms with E-state index in [4.69, 9.17) is 0 Å². The van der Waals surface area contributed by atoms with Gasteiger partial charge < -0.3 is 10.2 Å². The summed E-state index contributed by atoms with van der Waals surface area (Å²) in [7, 11) is 1.55. The van der Waals surface area contributed by atoms with Gasteiger partial charge in [0.25, 0.3) is 0 Å². The molecule has 0 aliphatic carbocycles. The van der Waals surface area contributed by atoms with Crippen LogP contribution in [0.5, 0.6) is 0 Å². The van der Waals surface area contributed by atoms with E-state index in [1.165, 1.54) is 40.8 Å². The number of benzene rings is 2. The minimum Gasteiger partial charge on any atom is -0.333 e. The van der Waals surface area contributed by atoms with E-state index in [1.807, 2.05) is 24.3 Å². The zero-order chi connectivity index (χ0) is 18.2. The zero-order valence-electron chi connectivity index (χ0n) is 14.3. The summed E-state index contributed by atoms with van der Waals surface area (Å²) in [6.45, 7) is 2.00. The molecular weight excluding hydrogens is 319 g/mol. The summed E-state index contributed by atoms with van der Waals surface area (Å²) >= 11 is 0. The van der Waals surface area contributed by atoms with Crippen molar-refractivity contribution >= 4 is 23.6 Å². The summed E-state index contributed by atoms with van der Waals surface area (Å²) in [5, 5.41) is 2.62. The van der Waals surface area contributed by atoms with Crippen molar-refractivity contribution in [3.63, 3.8) is 0 Å². The molecule has 0 bridgehead atoms. The van der Waals surface area contributed by atoms with Crippen molar-refractivity contribution in [2.24, 2.45) is 0 Å². The maximum atomic E-state index is 12.8. The van der Waals surface area contributed by atoms with Crippen LogP contribution in [0.1, 0.15) is 18.1 Å². The van der Waals surface area contributed by atoms with Crippen LogP contribution in [-0.4, -0.2) is 30.3 Å². The minimum absolute atomic E-state index is 0.0880. The van der Waals surface area contributed by atoms with Gasteiger partial charge in [0.1, 0.15) is 5.82 Å².